The summed E-state index contributed by atoms with van der Waals surface area (Å²) in [6, 6.07) is 15.2. The van der Waals surface area contributed by atoms with Crippen LogP contribution >= 0.6 is 0 Å². The minimum absolute atomic E-state index is 0.115. The van der Waals surface area contributed by atoms with Gasteiger partial charge in [0.05, 0.1) is 4.92 Å². The summed E-state index contributed by atoms with van der Waals surface area (Å²) in [5, 5.41) is 13.8. The normalized spacial score (nSPS) is 14.0. The highest BCUT2D eigenvalue weighted by Gasteiger charge is 2.22. The van der Waals surface area contributed by atoms with Gasteiger partial charge >= 0.3 is 0 Å². The fraction of sp³-hybridized carbons (Fsp3) is 0.250. The van der Waals surface area contributed by atoms with Crippen molar-refractivity contribution in [3.8, 4) is 0 Å². The van der Waals surface area contributed by atoms with Crippen LogP contribution in [0.25, 0.3) is 0 Å². The average molecular weight is 268 g/mol. The minimum Gasteiger partial charge on any atom is -0.381 e. The fourth-order valence-corrected chi connectivity index (χ4v) is 2.23. The lowest BCUT2D eigenvalue weighted by Gasteiger charge is -2.07. The lowest BCUT2D eigenvalue weighted by atomic mass is 10.1. The molecule has 2 aromatic rings. The second-order valence-corrected chi connectivity index (χ2v) is 5.17. The smallest absolute Gasteiger partial charge is 0.269 e. The number of hydrogen-bond donors (Lipinski definition) is 1. The van der Waals surface area contributed by atoms with Gasteiger partial charge in [0.25, 0.3) is 5.69 Å². The van der Waals surface area contributed by atoms with Crippen LogP contribution in [0.3, 0.4) is 0 Å². The molecule has 4 nitrogen and oxygen atoms in total. The van der Waals surface area contributed by atoms with Gasteiger partial charge in [-0.05, 0) is 42.0 Å². The Morgan fingerprint density at radius 1 is 1.05 bits per heavy atom. The molecular weight excluding hydrogens is 252 g/mol. The zero-order chi connectivity index (χ0) is 13.9. The number of anilines is 1. The summed E-state index contributed by atoms with van der Waals surface area (Å²) >= 11 is 0. The molecule has 0 atom stereocenters. The summed E-state index contributed by atoms with van der Waals surface area (Å²) in [5.41, 5.74) is 3.66. The van der Waals surface area contributed by atoms with Crippen molar-refractivity contribution in [3.63, 3.8) is 0 Å². The van der Waals surface area contributed by atoms with E-state index in [2.05, 4.69) is 29.6 Å². The number of nitro benzene ring substituents is 1. The van der Waals surface area contributed by atoms with Crippen LogP contribution in [0, 0.1) is 10.1 Å². The van der Waals surface area contributed by atoms with E-state index < -0.39 is 0 Å². The van der Waals surface area contributed by atoms with Crippen molar-refractivity contribution in [2.24, 2.45) is 0 Å². The summed E-state index contributed by atoms with van der Waals surface area (Å²) in [6.45, 7) is 0.725. The molecule has 0 radical (unpaired) electrons. The van der Waals surface area contributed by atoms with E-state index in [9.17, 15) is 10.1 Å². The van der Waals surface area contributed by atoms with Gasteiger partial charge in [-0.15, -0.1) is 0 Å². The Kier molecular flexibility index (Phi) is 3.37. The quantitative estimate of drug-likeness (QED) is 0.656. The zero-order valence-corrected chi connectivity index (χ0v) is 11.1. The number of non-ortho nitro benzene ring substituents is 1. The van der Waals surface area contributed by atoms with Crippen molar-refractivity contribution in [1.29, 1.82) is 0 Å². The van der Waals surface area contributed by atoms with Gasteiger partial charge in [0.15, 0.2) is 0 Å². The number of nitro groups is 1. The van der Waals surface area contributed by atoms with Gasteiger partial charge in [0.2, 0.25) is 0 Å². The van der Waals surface area contributed by atoms with Crippen molar-refractivity contribution in [3.05, 3.63) is 69.8 Å². The lowest BCUT2D eigenvalue weighted by Crippen LogP contribution is -1.99. The Labute approximate surface area is 117 Å². The van der Waals surface area contributed by atoms with Crippen LogP contribution in [0.1, 0.15) is 29.9 Å². The predicted octanol–water partition coefficient (Wildman–Crippen LogP) is 4.08. The molecule has 4 heteroatoms. The van der Waals surface area contributed by atoms with Gasteiger partial charge in [-0.25, -0.2) is 0 Å². The summed E-state index contributed by atoms with van der Waals surface area (Å²) < 4.78 is 0. The molecular formula is C16H16N2O2. The third-order valence-corrected chi connectivity index (χ3v) is 3.60. The van der Waals surface area contributed by atoms with E-state index in [4.69, 9.17) is 0 Å². The molecule has 0 aromatic heterocycles. The number of hydrogen-bond acceptors (Lipinski definition) is 3. The van der Waals surface area contributed by atoms with Crippen LogP contribution in [0.2, 0.25) is 0 Å². The largest absolute Gasteiger partial charge is 0.381 e. The minimum atomic E-state index is -0.389. The second kappa shape index (κ2) is 5.33. The molecule has 102 valence electrons. The van der Waals surface area contributed by atoms with Crippen LogP contribution in [0.5, 0.6) is 0 Å². The molecule has 0 bridgehead atoms. The first-order chi connectivity index (χ1) is 9.72. The van der Waals surface area contributed by atoms with E-state index in [0.717, 1.165) is 18.2 Å². The first-order valence-electron chi connectivity index (χ1n) is 6.79. The highest BCUT2D eigenvalue weighted by Crippen LogP contribution is 2.39. The molecule has 1 fully saturated rings. The number of benzene rings is 2. The maximum Gasteiger partial charge on any atom is 0.269 e. The van der Waals surface area contributed by atoms with Gasteiger partial charge in [0, 0.05) is 24.4 Å². The Morgan fingerprint density at radius 3 is 2.25 bits per heavy atom. The fourth-order valence-electron chi connectivity index (χ4n) is 2.23. The van der Waals surface area contributed by atoms with Crippen LogP contribution in [0.4, 0.5) is 11.4 Å². The number of rotatable bonds is 5. The Balaban J connectivity index is 1.59. The molecule has 2 aromatic carbocycles. The summed E-state index contributed by atoms with van der Waals surface area (Å²) in [7, 11) is 0. The molecule has 1 saturated carbocycles. The van der Waals surface area contributed by atoms with Crippen LogP contribution in [0.15, 0.2) is 48.5 Å². The van der Waals surface area contributed by atoms with E-state index in [1.54, 1.807) is 12.1 Å². The number of nitrogens with one attached hydrogen (secondary N) is 1. The third kappa shape index (κ3) is 2.96. The molecule has 0 amide bonds. The van der Waals surface area contributed by atoms with Gasteiger partial charge in [-0.1, -0.05) is 24.3 Å². The molecule has 20 heavy (non-hydrogen) atoms. The number of nitrogens with zero attached hydrogens (tertiary/aromatic N) is 1. The topological polar surface area (TPSA) is 55.2 Å². The highest BCUT2D eigenvalue weighted by atomic mass is 16.6. The summed E-state index contributed by atoms with van der Waals surface area (Å²) in [5.74, 6) is 0.784. The van der Waals surface area contributed by atoms with Crippen molar-refractivity contribution in [2.45, 2.75) is 25.3 Å². The zero-order valence-electron chi connectivity index (χ0n) is 11.1. The summed E-state index contributed by atoms with van der Waals surface area (Å²) in [4.78, 5) is 10.2. The molecule has 1 aliphatic rings. The van der Waals surface area contributed by atoms with E-state index in [-0.39, 0.29) is 10.6 Å². The van der Waals surface area contributed by atoms with Crippen LogP contribution in [-0.4, -0.2) is 4.92 Å². The van der Waals surface area contributed by atoms with Crippen LogP contribution < -0.4 is 5.32 Å². The van der Waals surface area contributed by atoms with Crippen LogP contribution in [-0.2, 0) is 6.54 Å². The van der Waals surface area contributed by atoms with E-state index >= 15 is 0 Å². The van der Waals surface area contributed by atoms with Gasteiger partial charge < -0.3 is 5.32 Å². The Hall–Kier alpha value is -2.36. The van der Waals surface area contributed by atoms with E-state index in [1.807, 2.05) is 0 Å². The van der Waals surface area contributed by atoms with E-state index in [0.29, 0.717) is 0 Å². The molecule has 0 heterocycles. The highest BCUT2D eigenvalue weighted by molar-refractivity contribution is 5.48. The molecule has 3 rings (SSSR count). The molecule has 0 aliphatic heterocycles. The third-order valence-electron chi connectivity index (χ3n) is 3.60. The van der Waals surface area contributed by atoms with Crippen molar-refractivity contribution in [1.82, 2.24) is 0 Å². The SMILES string of the molecule is O=[N+]([O-])c1ccc(NCc2ccc(C3CC3)cc2)cc1. The first kappa shape index (κ1) is 12.7. The van der Waals surface area contributed by atoms with Gasteiger partial charge in [-0.3, -0.25) is 10.1 Å². The maximum absolute atomic E-state index is 10.6. The first-order valence-corrected chi connectivity index (χ1v) is 6.79. The Morgan fingerprint density at radius 2 is 1.70 bits per heavy atom. The monoisotopic (exact) mass is 268 g/mol. The molecule has 1 aliphatic carbocycles. The van der Waals surface area contributed by atoms with E-state index in [1.165, 1.54) is 36.1 Å². The summed E-state index contributed by atoms with van der Waals surface area (Å²) in [6.07, 6.45) is 2.64. The average Bonchev–Trinajstić information content (AvgIpc) is 3.31. The molecule has 0 spiro atoms. The standard InChI is InChI=1S/C16H16N2O2/c19-18(20)16-9-7-15(8-10-16)17-11-12-1-3-13(4-2-12)14-5-6-14/h1-4,7-10,14,17H,5-6,11H2. The second-order valence-electron chi connectivity index (χ2n) is 5.17. The molecule has 0 saturated heterocycles. The van der Waals surface area contributed by atoms with Crippen molar-refractivity contribution < 1.29 is 4.92 Å². The molecule has 0 unspecified atom stereocenters. The lowest BCUT2D eigenvalue weighted by molar-refractivity contribution is -0.384. The predicted molar refractivity (Wildman–Crippen MR) is 78.8 cm³/mol. The van der Waals surface area contributed by atoms with Gasteiger partial charge in [-0.2, -0.15) is 0 Å². The maximum atomic E-state index is 10.6. The van der Waals surface area contributed by atoms with Gasteiger partial charge in [0.1, 0.15) is 0 Å². The van der Waals surface area contributed by atoms with Crippen molar-refractivity contribution >= 4 is 11.4 Å². The van der Waals surface area contributed by atoms with Crippen molar-refractivity contribution in [2.75, 3.05) is 5.32 Å². The Bertz CT molecular complexity index is 601. The molecule has 1 N–H and O–H groups in total.